The van der Waals surface area contributed by atoms with Crippen LogP contribution in [0.4, 0.5) is 5.69 Å². The second-order valence-electron chi connectivity index (χ2n) is 7.35. The summed E-state index contributed by atoms with van der Waals surface area (Å²) in [7, 11) is 0. The lowest BCUT2D eigenvalue weighted by Gasteiger charge is -2.16. The Morgan fingerprint density at radius 2 is 2.00 bits per heavy atom. The van der Waals surface area contributed by atoms with Gasteiger partial charge in [0, 0.05) is 23.6 Å². The van der Waals surface area contributed by atoms with Crippen molar-refractivity contribution in [1.29, 1.82) is 0 Å². The Kier molecular flexibility index (Phi) is 6.55. The quantitative estimate of drug-likeness (QED) is 0.331. The van der Waals surface area contributed by atoms with Crippen molar-refractivity contribution in [2.45, 2.75) is 19.4 Å². The van der Waals surface area contributed by atoms with Crippen LogP contribution in [0.3, 0.4) is 0 Å². The zero-order chi connectivity index (χ0) is 24.2. The zero-order valence-electron chi connectivity index (χ0n) is 17.9. The molecular weight excluding hydrogens is 460 g/mol. The van der Waals surface area contributed by atoms with Crippen molar-refractivity contribution in [3.8, 4) is 11.4 Å². The fraction of sp³-hybridized carbons (Fsp3) is 0.125. The molecule has 0 aliphatic heterocycles. The third-order valence-electron chi connectivity index (χ3n) is 5.03. The standard InChI is InChI=1S/C24H19ClN4O5/c1-2-20(22(30)27-15-6-7-17(25)16(11-15)23(31)32)34-24(33)13-5-8-18-19(10-13)29-21(28-18)14-4-3-9-26-12-14/h3-12,20H,2H2,1H3,(H,27,30)(H,28,29)(H,31,32). The minimum atomic E-state index is -1.22. The van der Waals surface area contributed by atoms with E-state index in [9.17, 15) is 19.5 Å². The average Bonchev–Trinajstić information content (AvgIpc) is 3.27. The number of nitrogens with one attached hydrogen (secondary N) is 2. The number of hydrogen-bond acceptors (Lipinski definition) is 6. The van der Waals surface area contributed by atoms with Crippen LogP contribution in [0.2, 0.25) is 5.02 Å². The van der Waals surface area contributed by atoms with Crippen molar-refractivity contribution in [2.75, 3.05) is 5.32 Å². The molecule has 10 heteroatoms. The van der Waals surface area contributed by atoms with Crippen molar-refractivity contribution < 1.29 is 24.2 Å². The first-order valence-electron chi connectivity index (χ1n) is 10.3. The number of H-pyrrole nitrogens is 1. The van der Waals surface area contributed by atoms with Gasteiger partial charge in [0.25, 0.3) is 5.91 Å². The molecule has 9 nitrogen and oxygen atoms in total. The Hall–Kier alpha value is -4.24. The number of aromatic nitrogens is 3. The van der Waals surface area contributed by atoms with Crippen LogP contribution in [0, 0.1) is 0 Å². The van der Waals surface area contributed by atoms with E-state index < -0.39 is 23.9 Å². The number of carbonyl (C=O) groups excluding carboxylic acids is 2. The van der Waals surface area contributed by atoms with Gasteiger partial charge in [0.05, 0.1) is 27.2 Å². The third-order valence-corrected chi connectivity index (χ3v) is 5.36. The van der Waals surface area contributed by atoms with E-state index in [1.165, 1.54) is 18.2 Å². The predicted molar refractivity (Wildman–Crippen MR) is 126 cm³/mol. The molecule has 0 aliphatic carbocycles. The van der Waals surface area contributed by atoms with Gasteiger partial charge in [0.2, 0.25) is 0 Å². The van der Waals surface area contributed by atoms with Crippen molar-refractivity contribution in [2.24, 2.45) is 0 Å². The lowest BCUT2D eigenvalue weighted by Crippen LogP contribution is -2.32. The normalized spacial score (nSPS) is 11.7. The third kappa shape index (κ3) is 4.89. The Bertz CT molecular complexity index is 1390. The van der Waals surface area contributed by atoms with Crippen molar-refractivity contribution in [3.63, 3.8) is 0 Å². The molecule has 2 heterocycles. The number of hydrogen-bond donors (Lipinski definition) is 3. The van der Waals surface area contributed by atoms with Gasteiger partial charge in [-0.05, 0) is 55.0 Å². The van der Waals surface area contributed by atoms with Crippen molar-refractivity contribution in [1.82, 2.24) is 15.0 Å². The first-order valence-corrected chi connectivity index (χ1v) is 10.7. The number of amides is 1. The number of rotatable bonds is 7. The van der Waals surface area contributed by atoms with E-state index >= 15 is 0 Å². The van der Waals surface area contributed by atoms with Gasteiger partial charge in [-0.2, -0.15) is 0 Å². The van der Waals surface area contributed by atoms with Gasteiger partial charge in [-0.15, -0.1) is 0 Å². The molecule has 0 saturated heterocycles. The first kappa shape index (κ1) is 22.9. The summed E-state index contributed by atoms with van der Waals surface area (Å²) in [6.45, 7) is 1.69. The molecule has 1 atom stereocenters. The molecule has 1 amide bonds. The minimum absolute atomic E-state index is 0.0462. The lowest BCUT2D eigenvalue weighted by atomic mass is 10.1. The van der Waals surface area contributed by atoms with Gasteiger partial charge >= 0.3 is 11.9 Å². The van der Waals surface area contributed by atoms with Crippen LogP contribution < -0.4 is 5.32 Å². The van der Waals surface area contributed by atoms with Crippen LogP contribution in [0.1, 0.15) is 34.1 Å². The topological polar surface area (TPSA) is 134 Å². The average molecular weight is 479 g/mol. The molecule has 1 unspecified atom stereocenters. The van der Waals surface area contributed by atoms with Gasteiger partial charge in [-0.1, -0.05) is 18.5 Å². The number of anilines is 1. The number of aromatic carboxylic acids is 1. The Labute approximate surface area is 198 Å². The van der Waals surface area contributed by atoms with Crippen LogP contribution >= 0.6 is 11.6 Å². The van der Waals surface area contributed by atoms with Crippen LogP contribution in [0.25, 0.3) is 22.4 Å². The molecule has 0 aliphatic rings. The monoisotopic (exact) mass is 478 g/mol. The van der Waals surface area contributed by atoms with Gasteiger partial charge < -0.3 is 20.1 Å². The first-order chi connectivity index (χ1) is 16.4. The van der Waals surface area contributed by atoms with E-state index in [1.807, 2.05) is 6.07 Å². The summed E-state index contributed by atoms with van der Waals surface area (Å²) < 4.78 is 5.42. The summed E-state index contributed by atoms with van der Waals surface area (Å²) in [5.41, 5.74) is 2.43. The number of carbonyl (C=O) groups is 3. The van der Waals surface area contributed by atoms with Crippen LogP contribution in [-0.4, -0.2) is 44.0 Å². The summed E-state index contributed by atoms with van der Waals surface area (Å²) in [6, 6.07) is 12.6. The SMILES string of the molecule is CCC(OC(=O)c1ccc2nc(-c3cccnc3)[nH]c2c1)C(=O)Nc1ccc(Cl)c(C(=O)O)c1. The molecule has 2 aromatic carbocycles. The largest absolute Gasteiger partial charge is 0.478 e. The highest BCUT2D eigenvalue weighted by Gasteiger charge is 2.23. The second kappa shape index (κ2) is 9.72. The van der Waals surface area contributed by atoms with Crippen LogP contribution in [0.15, 0.2) is 60.9 Å². The van der Waals surface area contributed by atoms with Crippen LogP contribution in [0.5, 0.6) is 0 Å². The Balaban J connectivity index is 1.48. The van der Waals surface area contributed by atoms with E-state index in [0.29, 0.717) is 16.9 Å². The highest BCUT2D eigenvalue weighted by Crippen LogP contribution is 2.23. The summed E-state index contributed by atoms with van der Waals surface area (Å²) >= 11 is 5.86. The van der Waals surface area contributed by atoms with Crippen molar-refractivity contribution in [3.05, 3.63) is 77.1 Å². The maximum atomic E-state index is 12.7. The molecule has 4 rings (SSSR count). The summed E-state index contributed by atoms with van der Waals surface area (Å²) in [5.74, 6) is -1.87. The van der Waals surface area contributed by atoms with E-state index in [4.69, 9.17) is 16.3 Å². The molecule has 0 bridgehead atoms. The van der Waals surface area contributed by atoms with Crippen LogP contribution in [-0.2, 0) is 9.53 Å². The molecule has 4 aromatic rings. The molecule has 0 saturated carbocycles. The molecule has 0 radical (unpaired) electrons. The minimum Gasteiger partial charge on any atom is -0.478 e. The number of nitrogens with zero attached hydrogens (tertiary/aromatic N) is 2. The summed E-state index contributed by atoms with van der Waals surface area (Å²) in [5, 5.41) is 11.8. The summed E-state index contributed by atoms with van der Waals surface area (Å²) in [6.07, 6.45) is 2.48. The smallest absolute Gasteiger partial charge is 0.338 e. The maximum absolute atomic E-state index is 12.7. The number of ether oxygens (including phenoxy) is 1. The fourth-order valence-electron chi connectivity index (χ4n) is 3.29. The fourth-order valence-corrected chi connectivity index (χ4v) is 3.48. The second-order valence-corrected chi connectivity index (χ2v) is 7.76. The van der Waals surface area contributed by atoms with Gasteiger partial charge in [0.15, 0.2) is 6.10 Å². The molecule has 172 valence electrons. The number of aromatic amines is 1. The van der Waals surface area contributed by atoms with Gasteiger partial charge in [-0.3, -0.25) is 9.78 Å². The van der Waals surface area contributed by atoms with E-state index in [1.54, 1.807) is 43.6 Å². The number of halogens is 1. The highest BCUT2D eigenvalue weighted by molar-refractivity contribution is 6.33. The molecule has 0 fully saturated rings. The molecular formula is C24H19ClN4O5. The number of carboxylic acid groups (broad SMARTS) is 1. The maximum Gasteiger partial charge on any atom is 0.338 e. The number of carboxylic acids is 1. The lowest BCUT2D eigenvalue weighted by molar-refractivity contribution is -0.124. The number of fused-ring (bicyclic) bond motifs is 1. The number of imidazole rings is 1. The predicted octanol–water partition coefficient (Wildman–Crippen LogP) is 4.55. The summed E-state index contributed by atoms with van der Waals surface area (Å²) in [4.78, 5) is 48.4. The molecule has 3 N–H and O–H groups in total. The molecule has 0 spiro atoms. The van der Waals surface area contributed by atoms with Gasteiger partial charge in [-0.25, -0.2) is 14.6 Å². The Morgan fingerprint density at radius 3 is 2.71 bits per heavy atom. The number of esters is 1. The highest BCUT2D eigenvalue weighted by atomic mass is 35.5. The molecule has 34 heavy (non-hydrogen) atoms. The number of pyridine rings is 1. The van der Waals surface area contributed by atoms with E-state index in [2.05, 4.69) is 20.3 Å². The van der Waals surface area contributed by atoms with Crippen molar-refractivity contribution >= 4 is 46.2 Å². The van der Waals surface area contributed by atoms with Gasteiger partial charge in [0.1, 0.15) is 5.82 Å². The number of benzene rings is 2. The van der Waals surface area contributed by atoms with E-state index in [-0.39, 0.29) is 28.3 Å². The Morgan fingerprint density at radius 1 is 1.18 bits per heavy atom. The van der Waals surface area contributed by atoms with E-state index in [0.717, 1.165) is 5.56 Å². The zero-order valence-corrected chi connectivity index (χ0v) is 18.7. The molecule has 2 aromatic heterocycles.